The Bertz CT molecular complexity index is 817. The molecule has 0 spiro atoms. The minimum Gasteiger partial charge on any atom is -0.446 e. The molecule has 4 N–H and O–H groups in total. The van der Waals surface area contributed by atoms with Gasteiger partial charge in [-0.25, -0.2) is 9.78 Å². The van der Waals surface area contributed by atoms with Crippen LogP contribution in [0.1, 0.15) is 51.6 Å². The van der Waals surface area contributed by atoms with Gasteiger partial charge in [0.1, 0.15) is 11.9 Å². The minimum absolute atomic E-state index is 0.0619. The number of aromatic amines is 1. The molecule has 2 atom stereocenters. The van der Waals surface area contributed by atoms with Crippen molar-refractivity contribution in [2.45, 2.75) is 58.1 Å². The molecule has 150 valence electrons. The van der Waals surface area contributed by atoms with Crippen molar-refractivity contribution in [3.8, 4) is 0 Å². The predicted molar refractivity (Wildman–Crippen MR) is 106 cm³/mol. The Kier molecular flexibility index (Phi) is 6.13. The Balaban J connectivity index is 1.53. The second-order valence-corrected chi connectivity index (χ2v) is 7.28. The van der Waals surface area contributed by atoms with E-state index >= 15 is 0 Å². The van der Waals surface area contributed by atoms with Crippen LogP contribution in [-0.4, -0.2) is 39.3 Å². The number of pyridine rings is 1. The van der Waals surface area contributed by atoms with Crippen LogP contribution in [0, 0.1) is 0 Å². The van der Waals surface area contributed by atoms with Gasteiger partial charge in [-0.1, -0.05) is 0 Å². The third kappa shape index (κ3) is 5.45. The molecule has 1 aliphatic rings. The fraction of sp³-hybridized carbons (Fsp3) is 0.474. The van der Waals surface area contributed by atoms with Crippen LogP contribution in [0.2, 0.25) is 0 Å². The summed E-state index contributed by atoms with van der Waals surface area (Å²) in [5.41, 5.74) is 1.65. The van der Waals surface area contributed by atoms with E-state index in [1.807, 2.05) is 19.9 Å². The quantitative estimate of drug-likeness (QED) is 0.604. The van der Waals surface area contributed by atoms with Crippen molar-refractivity contribution in [3.05, 3.63) is 30.1 Å². The number of aromatic nitrogens is 3. The first kappa shape index (κ1) is 19.7. The first-order valence-electron chi connectivity index (χ1n) is 9.42. The number of alkyl carbamates (subject to hydrolysis) is 1. The summed E-state index contributed by atoms with van der Waals surface area (Å²) in [5, 5.41) is 15.9. The molecule has 0 radical (unpaired) electrons. The molecule has 9 nitrogen and oxygen atoms in total. The van der Waals surface area contributed by atoms with Crippen LogP contribution in [0.15, 0.2) is 24.4 Å². The van der Waals surface area contributed by atoms with Crippen LogP contribution in [0.5, 0.6) is 0 Å². The lowest BCUT2D eigenvalue weighted by atomic mass is 10.0. The Morgan fingerprint density at radius 1 is 1.25 bits per heavy atom. The van der Waals surface area contributed by atoms with Crippen LogP contribution in [-0.2, 0) is 9.53 Å². The number of carbonyl (C=O) groups is 2. The summed E-state index contributed by atoms with van der Waals surface area (Å²) in [5.74, 6) is 1.43. The molecular formula is C19H26N6O3. The summed E-state index contributed by atoms with van der Waals surface area (Å²) in [6.07, 6.45) is 3.69. The lowest BCUT2D eigenvalue weighted by molar-refractivity contribution is -0.114. The van der Waals surface area contributed by atoms with Gasteiger partial charge in [0.05, 0.1) is 11.9 Å². The lowest BCUT2D eigenvalue weighted by Gasteiger charge is -2.14. The van der Waals surface area contributed by atoms with Crippen molar-refractivity contribution in [3.63, 3.8) is 0 Å². The number of H-pyrrole nitrogens is 1. The van der Waals surface area contributed by atoms with Crippen molar-refractivity contribution in [1.29, 1.82) is 0 Å². The van der Waals surface area contributed by atoms with Gasteiger partial charge in [-0.3, -0.25) is 9.89 Å². The highest BCUT2D eigenvalue weighted by Crippen LogP contribution is 2.36. The molecule has 0 aromatic carbocycles. The standard InChI is InChI=1S/C19H26N6O3/c1-11(2)21-19(27)28-15-6-4-13(8-15)16-9-18(25-24-16)23-17-7-5-14(10-20-17)22-12(3)26/h5,7,9-11,13,15H,4,6,8H2,1-3H3,(H,21,27)(H,22,26)(H2,20,23,24,25)/t13-,15+/m0/s1. The van der Waals surface area contributed by atoms with Gasteiger partial charge in [-0.2, -0.15) is 5.10 Å². The van der Waals surface area contributed by atoms with Crippen molar-refractivity contribution in [2.24, 2.45) is 0 Å². The van der Waals surface area contributed by atoms with E-state index < -0.39 is 0 Å². The molecule has 0 bridgehead atoms. The molecule has 2 aromatic heterocycles. The first-order chi connectivity index (χ1) is 13.4. The third-order valence-corrected chi connectivity index (χ3v) is 4.44. The van der Waals surface area contributed by atoms with Gasteiger partial charge in [0, 0.05) is 30.6 Å². The molecular weight excluding hydrogens is 360 g/mol. The number of anilines is 3. The topological polar surface area (TPSA) is 121 Å². The summed E-state index contributed by atoms with van der Waals surface area (Å²) >= 11 is 0. The fourth-order valence-electron chi connectivity index (χ4n) is 3.24. The van der Waals surface area contributed by atoms with Gasteiger partial charge in [0.15, 0.2) is 5.82 Å². The van der Waals surface area contributed by atoms with E-state index in [9.17, 15) is 9.59 Å². The van der Waals surface area contributed by atoms with Crippen LogP contribution in [0.4, 0.5) is 22.1 Å². The highest BCUT2D eigenvalue weighted by Gasteiger charge is 2.30. The zero-order chi connectivity index (χ0) is 20.1. The van der Waals surface area contributed by atoms with E-state index in [-0.39, 0.29) is 30.1 Å². The average molecular weight is 386 g/mol. The van der Waals surface area contributed by atoms with Crippen molar-refractivity contribution < 1.29 is 14.3 Å². The molecule has 0 unspecified atom stereocenters. The summed E-state index contributed by atoms with van der Waals surface area (Å²) < 4.78 is 5.48. The van der Waals surface area contributed by atoms with Crippen molar-refractivity contribution in [2.75, 3.05) is 10.6 Å². The molecule has 9 heteroatoms. The van der Waals surface area contributed by atoms with Crippen molar-refractivity contribution >= 4 is 29.3 Å². The molecule has 0 aliphatic heterocycles. The molecule has 1 fully saturated rings. The van der Waals surface area contributed by atoms with Crippen molar-refractivity contribution in [1.82, 2.24) is 20.5 Å². The molecule has 1 aliphatic carbocycles. The van der Waals surface area contributed by atoms with E-state index in [2.05, 4.69) is 31.1 Å². The van der Waals surface area contributed by atoms with Gasteiger partial charge in [0.25, 0.3) is 0 Å². The van der Waals surface area contributed by atoms with E-state index in [0.29, 0.717) is 17.3 Å². The molecule has 1 saturated carbocycles. The van der Waals surface area contributed by atoms with E-state index in [4.69, 9.17) is 4.74 Å². The maximum absolute atomic E-state index is 11.7. The Morgan fingerprint density at radius 3 is 2.75 bits per heavy atom. The van der Waals surface area contributed by atoms with Crippen LogP contribution in [0.25, 0.3) is 0 Å². The number of carbonyl (C=O) groups excluding carboxylic acids is 2. The summed E-state index contributed by atoms with van der Waals surface area (Å²) in [6.45, 7) is 5.26. The molecule has 2 amide bonds. The number of rotatable bonds is 6. The zero-order valence-electron chi connectivity index (χ0n) is 16.3. The highest BCUT2D eigenvalue weighted by molar-refractivity contribution is 5.88. The van der Waals surface area contributed by atoms with Gasteiger partial charge >= 0.3 is 6.09 Å². The molecule has 28 heavy (non-hydrogen) atoms. The van der Waals surface area contributed by atoms with Gasteiger partial charge in [-0.05, 0) is 45.2 Å². The Morgan fingerprint density at radius 2 is 2.07 bits per heavy atom. The number of amides is 2. The largest absolute Gasteiger partial charge is 0.446 e. The maximum atomic E-state index is 11.7. The Hall–Kier alpha value is -3.10. The van der Waals surface area contributed by atoms with E-state index in [1.54, 1.807) is 18.3 Å². The third-order valence-electron chi connectivity index (χ3n) is 4.44. The maximum Gasteiger partial charge on any atom is 0.407 e. The SMILES string of the molecule is CC(=O)Nc1ccc(Nc2cc([C@H]3CC[C@@H](OC(=O)NC(C)C)C3)[nH]n2)nc1. The number of hydrogen-bond donors (Lipinski definition) is 4. The molecule has 3 rings (SSSR count). The van der Waals surface area contributed by atoms with Gasteiger partial charge < -0.3 is 20.7 Å². The Labute approximate surface area is 163 Å². The predicted octanol–water partition coefficient (Wildman–Crippen LogP) is 3.28. The smallest absolute Gasteiger partial charge is 0.407 e. The highest BCUT2D eigenvalue weighted by atomic mass is 16.6. The normalized spacial score (nSPS) is 18.7. The fourth-order valence-corrected chi connectivity index (χ4v) is 3.24. The van der Waals surface area contributed by atoms with Crippen LogP contribution >= 0.6 is 0 Å². The summed E-state index contributed by atoms with van der Waals surface area (Å²) in [7, 11) is 0. The summed E-state index contributed by atoms with van der Waals surface area (Å²) in [4.78, 5) is 27.1. The first-order valence-corrected chi connectivity index (χ1v) is 9.42. The molecule has 2 aromatic rings. The summed E-state index contributed by atoms with van der Waals surface area (Å²) in [6, 6.07) is 5.55. The lowest BCUT2D eigenvalue weighted by Crippen LogP contribution is -2.33. The number of nitrogens with one attached hydrogen (secondary N) is 4. The molecule has 0 saturated heterocycles. The van der Waals surface area contributed by atoms with E-state index in [1.165, 1.54) is 6.92 Å². The number of ether oxygens (including phenoxy) is 1. The molecule has 2 heterocycles. The average Bonchev–Trinajstić information content (AvgIpc) is 3.25. The number of hydrogen-bond acceptors (Lipinski definition) is 6. The monoisotopic (exact) mass is 386 g/mol. The van der Waals surface area contributed by atoms with Crippen LogP contribution in [0.3, 0.4) is 0 Å². The zero-order valence-corrected chi connectivity index (χ0v) is 16.3. The van der Waals surface area contributed by atoms with Crippen LogP contribution < -0.4 is 16.0 Å². The minimum atomic E-state index is -0.360. The van der Waals surface area contributed by atoms with Gasteiger partial charge in [0.2, 0.25) is 5.91 Å². The van der Waals surface area contributed by atoms with Gasteiger partial charge in [-0.15, -0.1) is 0 Å². The second kappa shape index (κ2) is 8.73. The number of nitrogens with zero attached hydrogens (tertiary/aromatic N) is 2. The van der Waals surface area contributed by atoms with E-state index in [0.717, 1.165) is 25.0 Å². The second-order valence-electron chi connectivity index (χ2n) is 7.28.